The quantitative estimate of drug-likeness (QED) is 0.933. The van der Waals surface area contributed by atoms with E-state index in [-0.39, 0.29) is 29.1 Å². The van der Waals surface area contributed by atoms with E-state index in [9.17, 15) is 9.59 Å². The number of carbonyl (C=O) groups excluding carboxylic acids is 1. The highest BCUT2D eigenvalue weighted by atomic mass is 16.2. The summed E-state index contributed by atoms with van der Waals surface area (Å²) in [6.07, 6.45) is 0. The summed E-state index contributed by atoms with van der Waals surface area (Å²) in [7, 11) is 1.52. The molecule has 0 fully saturated rings. The van der Waals surface area contributed by atoms with E-state index in [4.69, 9.17) is 0 Å². The number of carbonyl (C=O) groups is 1. The van der Waals surface area contributed by atoms with Crippen LogP contribution in [-0.2, 0) is 7.05 Å². The molecule has 0 radical (unpaired) electrons. The number of rotatable bonds is 4. The van der Waals surface area contributed by atoms with E-state index in [1.807, 2.05) is 44.2 Å². The highest BCUT2D eigenvalue weighted by molar-refractivity contribution is 5.92. The highest BCUT2D eigenvalue weighted by Gasteiger charge is 2.19. The van der Waals surface area contributed by atoms with Crippen molar-refractivity contribution in [2.45, 2.75) is 19.9 Å². The van der Waals surface area contributed by atoms with E-state index in [1.54, 1.807) is 0 Å². The van der Waals surface area contributed by atoms with Gasteiger partial charge in [-0.15, -0.1) is 0 Å². The van der Waals surface area contributed by atoms with Crippen molar-refractivity contribution in [3.8, 4) is 0 Å². The topological polar surface area (TPSA) is 64.0 Å². The van der Waals surface area contributed by atoms with Gasteiger partial charge >= 0.3 is 0 Å². The molecule has 0 aliphatic heterocycles. The Morgan fingerprint density at radius 2 is 1.81 bits per heavy atom. The second-order valence-electron chi connectivity index (χ2n) is 5.29. The lowest BCUT2D eigenvalue weighted by atomic mass is 9.96. The predicted molar refractivity (Wildman–Crippen MR) is 81.0 cm³/mol. The number of nitrogens with one attached hydrogen (secondary N) is 1. The molecule has 1 aromatic heterocycles. The molecule has 1 heterocycles. The Balaban J connectivity index is 2.23. The molecule has 21 heavy (non-hydrogen) atoms. The molecule has 2 rings (SSSR count). The third-order valence-electron chi connectivity index (χ3n) is 3.31. The number of aryl methyl sites for hydroxylation is 1. The van der Waals surface area contributed by atoms with Gasteiger partial charge in [0.2, 0.25) is 0 Å². The number of aromatic nitrogens is 2. The average molecular weight is 285 g/mol. The summed E-state index contributed by atoms with van der Waals surface area (Å²) in [5.41, 5.74) is 1.04. The zero-order valence-electron chi connectivity index (χ0n) is 12.4. The van der Waals surface area contributed by atoms with Crippen LogP contribution in [0, 0.1) is 5.92 Å². The molecule has 5 nitrogen and oxygen atoms in total. The van der Waals surface area contributed by atoms with Crippen LogP contribution in [-0.4, -0.2) is 15.7 Å². The van der Waals surface area contributed by atoms with Crippen LogP contribution in [0.2, 0.25) is 0 Å². The number of nitrogens with zero attached hydrogens (tertiary/aromatic N) is 2. The first kappa shape index (κ1) is 15.0. The van der Waals surface area contributed by atoms with Gasteiger partial charge in [0.15, 0.2) is 0 Å². The maximum Gasteiger partial charge on any atom is 0.272 e. The molecule has 0 bridgehead atoms. The van der Waals surface area contributed by atoms with E-state index in [2.05, 4.69) is 10.4 Å². The van der Waals surface area contributed by atoms with Crippen molar-refractivity contribution < 1.29 is 4.79 Å². The Kier molecular flexibility index (Phi) is 4.52. The fourth-order valence-corrected chi connectivity index (χ4v) is 2.13. The summed E-state index contributed by atoms with van der Waals surface area (Å²) in [6.45, 7) is 4.10. The molecule has 0 saturated carbocycles. The summed E-state index contributed by atoms with van der Waals surface area (Å²) >= 11 is 0. The molecular weight excluding hydrogens is 266 g/mol. The molecule has 5 heteroatoms. The maximum atomic E-state index is 12.3. The minimum atomic E-state index is -0.284. The van der Waals surface area contributed by atoms with Crippen molar-refractivity contribution >= 4 is 5.91 Å². The van der Waals surface area contributed by atoms with Gasteiger partial charge < -0.3 is 5.32 Å². The first-order valence-corrected chi connectivity index (χ1v) is 6.89. The second-order valence-corrected chi connectivity index (χ2v) is 5.29. The van der Waals surface area contributed by atoms with Crippen molar-refractivity contribution in [2.75, 3.05) is 0 Å². The van der Waals surface area contributed by atoms with Gasteiger partial charge in [0.1, 0.15) is 5.69 Å². The van der Waals surface area contributed by atoms with E-state index in [0.29, 0.717) is 0 Å². The zero-order chi connectivity index (χ0) is 15.4. The average Bonchev–Trinajstić information content (AvgIpc) is 2.48. The smallest absolute Gasteiger partial charge is 0.272 e. The Hall–Kier alpha value is -2.43. The third-order valence-corrected chi connectivity index (χ3v) is 3.31. The molecule has 0 spiro atoms. The van der Waals surface area contributed by atoms with Gasteiger partial charge in [-0.2, -0.15) is 5.10 Å². The summed E-state index contributed by atoms with van der Waals surface area (Å²) in [5, 5.41) is 6.95. The molecule has 0 unspecified atom stereocenters. The van der Waals surface area contributed by atoms with Crippen molar-refractivity contribution in [3.63, 3.8) is 0 Å². The molecule has 0 saturated heterocycles. The van der Waals surface area contributed by atoms with Crippen LogP contribution in [0.25, 0.3) is 0 Å². The molecule has 0 aliphatic carbocycles. The number of benzene rings is 1. The van der Waals surface area contributed by atoms with Crippen molar-refractivity contribution in [1.82, 2.24) is 15.1 Å². The summed E-state index contributed by atoms with van der Waals surface area (Å²) < 4.78 is 1.15. The van der Waals surface area contributed by atoms with Crippen molar-refractivity contribution in [3.05, 3.63) is 64.1 Å². The number of amides is 1. The molecule has 1 N–H and O–H groups in total. The van der Waals surface area contributed by atoms with E-state index < -0.39 is 0 Å². The minimum Gasteiger partial charge on any atom is -0.344 e. The molecule has 0 aliphatic rings. The fourth-order valence-electron chi connectivity index (χ4n) is 2.13. The third kappa shape index (κ3) is 3.56. The van der Waals surface area contributed by atoms with Crippen LogP contribution in [0.4, 0.5) is 0 Å². The lowest BCUT2D eigenvalue weighted by molar-refractivity contribution is 0.0918. The lowest BCUT2D eigenvalue weighted by Gasteiger charge is -2.22. The van der Waals surface area contributed by atoms with Crippen LogP contribution in [0.1, 0.15) is 35.9 Å². The van der Waals surface area contributed by atoms with E-state index in [1.165, 1.54) is 19.2 Å². The van der Waals surface area contributed by atoms with Gasteiger partial charge in [-0.05, 0) is 17.5 Å². The van der Waals surface area contributed by atoms with Gasteiger partial charge in [-0.25, -0.2) is 4.68 Å². The fraction of sp³-hybridized carbons (Fsp3) is 0.312. The second kappa shape index (κ2) is 6.35. The van der Waals surface area contributed by atoms with Crippen LogP contribution in [0.5, 0.6) is 0 Å². The monoisotopic (exact) mass is 285 g/mol. The SMILES string of the molecule is CC(C)[C@H](NC(=O)c1ccc(=O)n(C)n1)c1ccccc1. The normalized spacial score (nSPS) is 12.2. The molecular formula is C16H19N3O2. The number of hydrogen-bond acceptors (Lipinski definition) is 3. The summed E-state index contributed by atoms with van der Waals surface area (Å²) in [5.74, 6) is -0.0444. The van der Waals surface area contributed by atoms with Gasteiger partial charge in [0.25, 0.3) is 11.5 Å². The Morgan fingerprint density at radius 3 is 2.38 bits per heavy atom. The number of hydrogen-bond donors (Lipinski definition) is 1. The summed E-state index contributed by atoms with van der Waals surface area (Å²) in [6, 6.07) is 12.5. The maximum absolute atomic E-state index is 12.3. The predicted octanol–water partition coefficient (Wildman–Crippen LogP) is 1.91. The Labute approximate surface area is 123 Å². The van der Waals surface area contributed by atoms with Crippen LogP contribution in [0.3, 0.4) is 0 Å². The molecule has 1 atom stereocenters. The van der Waals surface area contributed by atoms with Crippen molar-refractivity contribution in [2.24, 2.45) is 13.0 Å². The molecule has 1 amide bonds. The van der Waals surface area contributed by atoms with Gasteiger partial charge in [0, 0.05) is 13.1 Å². The highest BCUT2D eigenvalue weighted by Crippen LogP contribution is 2.21. The Bertz CT molecular complexity index is 677. The minimum absolute atomic E-state index is 0.0993. The van der Waals surface area contributed by atoms with E-state index in [0.717, 1.165) is 10.2 Å². The molecule has 110 valence electrons. The lowest BCUT2D eigenvalue weighted by Crippen LogP contribution is -2.33. The van der Waals surface area contributed by atoms with Crippen LogP contribution < -0.4 is 10.9 Å². The standard InChI is InChI=1S/C16H19N3O2/c1-11(2)15(12-7-5-4-6-8-12)17-16(21)13-9-10-14(20)19(3)18-13/h4-11,15H,1-3H3,(H,17,21)/t15-/m0/s1. The Morgan fingerprint density at radius 1 is 1.14 bits per heavy atom. The zero-order valence-corrected chi connectivity index (χ0v) is 12.4. The largest absolute Gasteiger partial charge is 0.344 e. The van der Waals surface area contributed by atoms with E-state index >= 15 is 0 Å². The van der Waals surface area contributed by atoms with Crippen LogP contribution in [0.15, 0.2) is 47.3 Å². The van der Waals surface area contributed by atoms with Crippen molar-refractivity contribution in [1.29, 1.82) is 0 Å². The van der Waals surface area contributed by atoms with Crippen LogP contribution >= 0.6 is 0 Å². The first-order valence-electron chi connectivity index (χ1n) is 6.89. The van der Waals surface area contributed by atoms with Gasteiger partial charge in [-0.1, -0.05) is 44.2 Å². The van der Waals surface area contributed by atoms with Gasteiger partial charge in [-0.3, -0.25) is 9.59 Å². The first-order chi connectivity index (χ1) is 9.99. The summed E-state index contributed by atoms with van der Waals surface area (Å²) in [4.78, 5) is 23.6. The van der Waals surface area contributed by atoms with Gasteiger partial charge in [0.05, 0.1) is 6.04 Å². The molecule has 2 aromatic rings. The molecule has 1 aromatic carbocycles.